The first kappa shape index (κ1) is 14.2. The third kappa shape index (κ3) is 2.83. The maximum Gasteiger partial charge on any atom is 0.498 e. The Morgan fingerprint density at radius 3 is 1.60 bits per heavy atom. The molecule has 0 amide bonds. The lowest BCUT2D eigenvalue weighted by atomic mass is 9.92. The fourth-order valence-electron chi connectivity index (χ4n) is 1.10. The third-order valence-corrected chi connectivity index (χ3v) is 3.82. The zero-order valence-corrected chi connectivity index (χ0v) is 9.11. The Hall–Kier alpha value is -0.790. The fourth-order valence-corrected chi connectivity index (χ4v) is 2.57. The van der Waals surface area contributed by atoms with Crippen LogP contribution in [0.5, 0.6) is 0 Å². The molecule has 0 aromatic carbocycles. The average molecular weight is 248 g/mol. The highest BCUT2D eigenvalue weighted by atomic mass is 32.2. The molecule has 0 rings (SSSR count). The molecule has 90 valence electrons. The second kappa shape index (κ2) is 3.66. The Morgan fingerprint density at radius 1 is 1.20 bits per heavy atom. The minimum atomic E-state index is -5.70. The van der Waals surface area contributed by atoms with E-state index in [2.05, 4.69) is 0 Å². The zero-order chi connectivity index (χ0) is 12.7. The molecule has 0 spiro atoms. The predicted molar refractivity (Wildman–Crippen MR) is 45.9 cm³/mol. The SMILES string of the molecule is CC(C)(C)[C@@H](C(=O)O)S(=O)(=O)C(F)(F)F. The van der Waals surface area contributed by atoms with Crippen molar-refractivity contribution in [3.05, 3.63) is 0 Å². The van der Waals surface area contributed by atoms with E-state index in [1.165, 1.54) is 0 Å². The van der Waals surface area contributed by atoms with Gasteiger partial charge in [-0.05, 0) is 5.41 Å². The standard InChI is InChI=1S/C7H11F3O4S/c1-6(2,3)4(5(11)12)15(13,14)7(8,9)10/h4H,1-3H3,(H,11,12)/t4-/m1/s1. The summed E-state index contributed by atoms with van der Waals surface area (Å²) >= 11 is 0. The summed E-state index contributed by atoms with van der Waals surface area (Å²) < 4.78 is 58.2. The van der Waals surface area contributed by atoms with Crippen LogP contribution < -0.4 is 0 Å². The van der Waals surface area contributed by atoms with Crippen LogP contribution in [-0.4, -0.2) is 30.3 Å². The van der Waals surface area contributed by atoms with Crippen LogP contribution in [0, 0.1) is 5.41 Å². The zero-order valence-electron chi connectivity index (χ0n) is 8.29. The number of carbonyl (C=O) groups is 1. The Labute approximate surface area is 85.0 Å². The van der Waals surface area contributed by atoms with Gasteiger partial charge in [0.2, 0.25) is 0 Å². The quantitative estimate of drug-likeness (QED) is 0.802. The maximum absolute atomic E-state index is 12.1. The smallest absolute Gasteiger partial charge is 0.480 e. The van der Waals surface area contributed by atoms with Crippen LogP contribution in [0.15, 0.2) is 0 Å². The minimum Gasteiger partial charge on any atom is -0.480 e. The van der Waals surface area contributed by atoms with Crippen molar-refractivity contribution in [1.29, 1.82) is 0 Å². The van der Waals surface area contributed by atoms with Crippen LogP contribution in [-0.2, 0) is 14.6 Å². The first-order chi connectivity index (χ1) is 6.32. The number of carboxylic acid groups (broad SMARTS) is 1. The molecule has 0 heterocycles. The molecule has 0 unspecified atom stereocenters. The molecule has 0 saturated heterocycles. The molecule has 0 saturated carbocycles. The second-order valence-electron chi connectivity index (χ2n) is 4.08. The molecular formula is C7H11F3O4S. The summed E-state index contributed by atoms with van der Waals surface area (Å²) in [7, 11) is -5.70. The van der Waals surface area contributed by atoms with E-state index in [4.69, 9.17) is 5.11 Å². The van der Waals surface area contributed by atoms with Gasteiger partial charge in [-0.15, -0.1) is 0 Å². The molecule has 0 aromatic rings. The molecule has 0 aromatic heterocycles. The molecule has 0 bridgehead atoms. The van der Waals surface area contributed by atoms with Crippen LogP contribution in [0.2, 0.25) is 0 Å². The number of sulfone groups is 1. The maximum atomic E-state index is 12.1. The molecule has 0 fully saturated rings. The Balaban J connectivity index is 5.62. The average Bonchev–Trinajstić information content (AvgIpc) is 1.76. The number of halogens is 3. The van der Waals surface area contributed by atoms with Crippen LogP contribution in [0.4, 0.5) is 13.2 Å². The highest BCUT2D eigenvalue weighted by Crippen LogP contribution is 2.35. The van der Waals surface area contributed by atoms with Gasteiger partial charge in [-0.3, -0.25) is 4.79 Å². The van der Waals surface area contributed by atoms with Crippen LogP contribution in [0.25, 0.3) is 0 Å². The van der Waals surface area contributed by atoms with Gasteiger partial charge >= 0.3 is 11.5 Å². The van der Waals surface area contributed by atoms with Crippen LogP contribution >= 0.6 is 0 Å². The second-order valence-corrected chi connectivity index (χ2v) is 6.10. The van der Waals surface area contributed by atoms with E-state index in [0.29, 0.717) is 0 Å². The minimum absolute atomic E-state index is 1.12. The van der Waals surface area contributed by atoms with E-state index in [1.807, 2.05) is 0 Å². The van der Waals surface area contributed by atoms with Crippen molar-refractivity contribution >= 4 is 15.8 Å². The van der Waals surface area contributed by atoms with Gasteiger partial charge in [-0.1, -0.05) is 20.8 Å². The Bertz CT molecular complexity index is 349. The van der Waals surface area contributed by atoms with Gasteiger partial charge in [-0.25, -0.2) is 8.42 Å². The van der Waals surface area contributed by atoms with E-state index < -0.39 is 32.0 Å². The highest BCUT2D eigenvalue weighted by Gasteiger charge is 2.57. The summed E-state index contributed by atoms with van der Waals surface area (Å²) in [6, 6.07) is 0. The Kier molecular flexibility index (Phi) is 3.46. The van der Waals surface area contributed by atoms with E-state index in [9.17, 15) is 26.4 Å². The van der Waals surface area contributed by atoms with Gasteiger partial charge in [0.1, 0.15) is 0 Å². The van der Waals surface area contributed by atoms with Crippen molar-refractivity contribution in [2.24, 2.45) is 5.41 Å². The van der Waals surface area contributed by atoms with E-state index in [1.54, 1.807) is 0 Å². The molecule has 4 nitrogen and oxygen atoms in total. The van der Waals surface area contributed by atoms with Gasteiger partial charge in [0, 0.05) is 0 Å². The van der Waals surface area contributed by atoms with Crippen molar-refractivity contribution in [1.82, 2.24) is 0 Å². The Morgan fingerprint density at radius 2 is 1.53 bits per heavy atom. The number of carboxylic acids is 1. The third-order valence-electron chi connectivity index (χ3n) is 1.64. The lowest BCUT2D eigenvalue weighted by Crippen LogP contribution is -2.47. The summed E-state index contributed by atoms with van der Waals surface area (Å²) in [5.74, 6) is -2.00. The van der Waals surface area contributed by atoms with E-state index >= 15 is 0 Å². The van der Waals surface area contributed by atoms with Crippen molar-refractivity contribution in [2.45, 2.75) is 31.5 Å². The summed E-state index contributed by atoms with van der Waals surface area (Å²) in [6.45, 7) is 3.36. The van der Waals surface area contributed by atoms with Gasteiger partial charge in [0.05, 0.1) is 0 Å². The van der Waals surface area contributed by atoms with E-state index in [0.717, 1.165) is 20.8 Å². The summed E-state index contributed by atoms with van der Waals surface area (Å²) in [5, 5.41) is 6.03. The highest BCUT2D eigenvalue weighted by molar-refractivity contribution is 7.93. The topological polar surface area (TPSA) is 71.4 Å². The monoisotopic (exact) mass is 248 g/mol. The first-order valence-electron chi connectivity index (χ1n) is 3.85. The van der Waals surface area contributed by atoms with Gasteiger partial charge < -0.3 is 5.11 Å². The summed E-state index contributed by atoms with van der Waals surface area (Å²) in [4.78, 5) is 10.6. The van der Waals surface area contributed by atoms with Gasteiger partial charge in [0.15, 0.2) is 5.25 Å². The molecule has 8 heteroatoms. The van der Waals surface area contributed by atoms with Crippen molar-refractivity contribution < 1.29 is 31.5 Å². The summed E-state index contributed by atoms with van der Waals surface area (Å²) in [6.07, 6.45) is 0. The van der Waals surface area contributed by atoms with Crippen molar-refractivity contribution in [3.63, 3.8) is 0 Å². The molecule has 1 N–H and O–H groups in total. The number of rotatable bonds is 2. The van der Waals surface area contributed by atoms with E-state index in [-0.39, 0.29) is 0 Å². The number of hydrogen-bond donors (Lipinski definition) is 1. The normalized spacial score (nSPS) is 16.1. The van der Waals surface area contributed by atoms with Crippen molar-refractivity contribution in [3.8, 4) is 0 Å². The molecular weight excluding hydrogens is 237 g/mol. The number of alkyl halides is 3. The molecule has 0 aliphatic heterocycles. The predicted octanol–water partition coefficient (Wildman–Crippen LogP) is 1.42. The number of hydrogen-bond acceptors (Lipinski definition) is 3. The largest absolute Gasteiger partial charge is 0.498 e. The number of aliphatic carboxylic acids is 1. The molecule has 0 radical (unpaired) electrons. The summed E-state index contributed by atoms with van der Waals surface area (Å²) in [5.41, 5.74) is -7.08. The van der Waals surface area contributed by atoms with Crippen molar-refractivity contribution in [2.75, 3.05) is 0 Å². The van der Waals surface area contributed by atoms with Crippen LogP contribution in [0.3, 0.4) is 0 Å². The fraction of sp³-hybridized carbons (Fsp3) is 0.857. The lowest BCUT2D eigenvalue weighted by Gasteiger charge is -2.27. The molecule has 15 heavy (non-hydrogen) atoms. The molecule has 0 aliphatic carbocycles. The molecule has 0 aliphatic rings. The van der Waals surface area contributed by atoms with Crippen LogP contribution in [0.1, 0.15) is 20.8 Å². The molecule has 1 atom stereocenters. The van der Waals surface area contributed by atoms with Gasteiger partial charge in [-0.2, -0.15) is 13.2 Å². The lowest BCUT2D eigenvalue weighted by molar-refractivity contribution is -0.139. The van der Waals surface area contributed by atoms with Gasteiger partial charge in [0.25, 0.3) is 9.84 Å². The first-order valence-corrected chi connectivity index (χ1v) is 5.39.